The first-order valence-corrected chi connectivity index (χ1v) is 18.7. The van der Waals surface area contributed by atoms with Crippen LogP contribution in [0.1, 0.15) is 133 Å². The highest BCUT2D eigenvalue weighted by Gasteiger charge is 2.23. The Labute approximate surface area is 290 Å². The molecule has 0 amide bonds. The van der Waals surface area contributed by atoms with E-state index < -0.39 is 0 Å². The van der Waals surface area contributed by atoms with Gasteiger partial charge < -0.3 is 0 Å². The van der Waals surface area contributed by atoms with E-state index in [0.29, 0.717) is 11.8 Å². The van der Waals surface area contributed by atoms with E-state index in [1.807, 2.05) is 6.92 Å². The average Bonchev–Trinajstić information content (AvgIpc) is 3.49. The SMILES string of the molecule is CCCCCCc1ccc(-c2cccc(-c3nc(C)nn3-c3c(C(C)C)cc(-c4ccc(CCCCCC)cc4)cc3C(C)C)c2)cc1. The summed E-state index contributed by atoms with van der Waals surface area (Å²) in [4.78, 5) is 5.03. The lowest BCUT2D eigenvalue weighted by molar-refractivity contribution is 0.667. The molecule has 5 aromatic rings. The highest BCUT2D eigenvalue weighted by Crippen LogP contribution is 2.38. The van der Waals surface area contributed by atoms with Gasteiger partial charge in [0, 0.05) is 5.56 Å². The van der Waals surface area contributed by atoms with Gasteiger partial charge in [-0.1, -0.05) is 147 Å². The highest BCUT2D eigenvalue weighted by atomic mass is 15.4. The summed E-state index contributed by atoms with van der Waals surface area (Å²) in [6.07, 6.45) is 12.7. The highest BCUT2D eigenvalue weighted by molar-refractivity contribution is 5.74. The number of unbranched alkanes of at least 4 members (excludes halogenated alkanes) is 6. The van der Waals surface area contributed by atoms with E-state index in [-0.39, 0.29) is 0 Å². The third kappa shape index (κ3) is 8.73. The molecule has 48 heavy (non-hydrogen) atoms. The van der Waals surface area contributed by atoms with Crippen molar-refractivity contribution >= 4 is 0 Å². The second kappa shape index (κ2) is 16.9. The van der Waals surface area contributed by atoms with Crippen molar-refractivity contribution in [3.8, 4) is 39.3 Å². The average molecular weight is 640 g/mol. The maximum absolute atomic E-state index is 5.06. The van der Waals surface area contributed by atoms with Crippen LogP contribution in [-0.4, -0.2) is 14.8 Å². The van der Waals surface area contributed by atoms with E-state index in [9.17, 15) is 0 Å². The Balaban J connectivity index is 1.49. The molecule has 0 bridgehead atoms. The van der Waals surface area contributed by atoms with Crippen LogP contribution in [-0.2, 0) is 12.8 Å². The predicted molar refractivity (Wildman–Crippen MR) is 206 cm³/mol. The number of nitrogens with zero attached hydrogens (tertiary/aromatic N) is 3. The van der Waals surface area contributed by atoms with Crippen LogP contribution in [0.2, 0.25) is 0 Å². The van der Waals surface area contributed by atoms with Crippen molar-refractivity contribution < 1.29 is 0 Å². The molecule has 0 aliphatic rings. The molecule has 0 fully saturated rings. The summed E-state index contributed by atoms with van der Waals surface area (Å²) in [7, 11) is 0. The Morgan fingerprint density at radius 3 is 1.54 bits per heavy atom. The summed E-state index contributed by atoms with van der Waals surface area (Å²) in [6.45, 7) is 15.7. The minimum atomic E-state index is 0.319. The molecule has 0 aliphatic carbocycles. The molecule has 0 aliphatic heterocycles. The van der Waals surface area contributed by atoms with Crippen molar-refractivity contribution in [2.24, 2.45) is 0 Å². The molecule has 0 unspecified atom stereocenters. The molecule has 3 heteroatoms. The summed E-state index contributed by atoms with van der Waals surface area (Å²) in [5.74, 6) is 2.32. The van der Waals surface area contributed by atoms with Crippen molar-refractivity contribution in [1.82, 2.24) is 14.8 Å². The maximum Gasteiger partial charge on any atom is 0.163 e. The largest absolute Gasteiger partial charge is 0.212 e. The lowest BCUT2D eigenvalue weighted by atomic mass is 9.88. The monoisotopic (exact) mass is 639 g/mol. The molecule has 252 valence electrons. The summed E-state index contributed by atoms with van der Waals surface area (Å²) < 4.78 is 2.13. The second-order valence-electron chi connectivity index (χ2n) is 14.3. The zero-order valence-electron chi connectivity index (χ0n) is 30.7. The van der Waals surface area contributed by atoms with Crippen molar-refractivity contribution in [2.75, 3.05) is 0 Å². The van der Waals surface area contributed by atoms with Crippen molar-refractivity contribution in [1.29, 1.82) is 0 Å². The molecule has 0 N–H and O–H groups in total. The number of benzene rings is 4. The Kier molecular flexibility index (Phi) is 12.4. The van der Waals surface area contributed by atoms with E-state index in [1.165, 1.54) is 102 Å². The normalized spacial score (nSPS) is 11.6. The van der Waals surface area contributed by atoms with E-state index in [2.05, 4.69) is 131 Å². The number of hydrogen-bond donors (Lipinski definition) is 0. The molecule has 3 nitrogen and oxygen atoms in total. The van der Waals surface area contributed by atoms with Crippen LogP contribution in [0.3, 0.4) is 0 Å². The molecule has 5 rings (SSSR count). The Morgan fingerprint density at radius 1 is 0.542 bits per heavy atom. The minimum Gasteiger partial charge on any atom is -0.212 e. The van der Waals surface area contributed by atoms with Gasteiger partial charge >= 0.3 is 0 Å². The standard InChI is InChI=1S/C45H57N3/c1-8-10-12-14-17-35-21-25-37(26-22-35)39-19-16-20-40(29-39)45-46-34(7)47-48(45)44-42(32(3)4)30-41(31-43(44)33(5)6)38-27-23-36(24-28-38)18-15-13-11-9-2/h16,19-33H,8-15,17-18H2,1-7H3. The molecule has 4 aromatic carbocycles. The smallest absolute Gasteiger partial charge is 0.163 e. The topological polar surface area (TPSA) is 30.7 Å². The quantitative estimate of drug-likeness (QED) is 0.101. The molecule has 0 atom stereocenters. The number of rotatable bonds is 16. The van der Waals surface area contributed by atoms with Crippen LogP contribution in [0.4, 0.5) is 0 Å². The predicted octanol–water partition coefficient (Wildman–Crippen LogP) is 13.1. The fraction of sp³-hybridized carbons (Fsp3) is 0.422. The third-order valence-corrected chi connectivity index (χ3v) is 9.67. The van der Waals surface area contributed by atoms with Gasteiger partial charge in [0.2, 0.25) is 0 Å². The summed E-state index contributed by atoms with van der Waals surface area (Å²) in [5, 5.41) is 5.06. The van der Waals surface area contributed by atoms with E-state index >= 15 is 0 Å². The summed E-state index contributed by atoms with van der Waals surface area (Å²) in [6, 6.07) is 32.0. The first-order chi connectivity index (χ1) is 23.3. The molecular weight excluding hydrogens is 583 g/mol. The minimum absolute atomic E-state index is 0.319. The van der Waals surface area contributed by atoms with Crippen LogP contribution in [0, 0.1) is 6.92 Å². The van der Waals surface area contributed by atoms with Gasteiger partial charge in [-0.3, -0.25) is 0 Å². The van der Waals surface area contributed by atoms with E-state index in [4.69, 9.17) is 10.1 Å². The first kappa shape index (κ1) is 35.3. The van der Waals surface area contributed by atoms with Gasteiger partial charge in [-0.15, -0.1) is 0 Å². The van der Waals surface area contributed by atoms with Gasteiger partial charge in [0.1, 0.15) is 5.82 Å². The van der Waals surface area contributed by atoms with E-state index in [0.717, 1.165) is 30.1 Å². The zero-order valence-corrected chi connectivity index (χ0v) is 30.7. The van der Waals surface area contributed by atoms with Gasteiger partial charge in [-0.25, -0.2) is 9.67 Å². The van der Waals surface area contributed by atoms with Crippen molar-refractivity contribution in [3.05, 3.63) is 113 Å². The number of hydrogen-bond acceptors (Lipinski definition) is 2. The first-order valence-electron chi connectivity index (χ1n) is 18.7. The van der Waals surface area contributed by atoms with Crippen LogP contribution in [0.15, 0.2) is 84.9 Å². The molecule has 1 aromatic heterocycles. The summed E-state index contributed by atoms with van der Waals surface area (Å²) >= 11 is 0. The van der Waals surface area contributed by atoms with Crippen LogP contribution in [0.5, 0.6) is 0 Å². The summed E-state index contributed by atoms with van der Waals surface area (Å²) in [5.41, 5.74) is 12.7. The Hall–Kier alpha value is -3.98. The lowest BCUT2D eigenvalue weighted by Gasteiger charge is -2.23. The number of aryl methyl sites for hydroxylation is 3. The van der Waals surface area contributed by atoms with Gasteiger partial charge in [-0.2, -0.15) is 5.10 Å². The fourth-order valence-electron chi connectivity index (χ4n) is 6.81. The third-order valence-electron chi connectivity index (χ3n) is 9.67. The van der Waals surface area contributed by atoms with Gasteiger partial charge in [-0.05, 0) is 107 Å². The molecule has 0 saturated carbocycles. The van der Waals surface area contributed by atoms with E-state index in [1.54, 1.807) is 0 Å². The second-order valence-corrected chi connectivity index (χ2v) is 14.3. The fourth-order valence-corrected chi connectivity index (χ4v) is 6.81. The van der Waals surface area contributed by atoms with Crippen molar-refractivity contribution in [2.45, 2.75) is 125 Å². The van der Waals surface area contributed by atoms with Gasteiger partial charge in [0.15, 0.2) is 5.82 Å². The van der Waals surface area contributed by atoms with Crippen molar-refractivity contribution in [3.63, 3.8) is 0 Å². The van der Waals surface area contributed by atoms with Gasteiger partial charge in [0.05, 0.1) is 5.69 Å². The molecule has 0 radical (unpaired) electrons. The molecule has 0 saturated heterocycles. The Bertz CT molecular complexity index is 1710. The lowest BCUT2D eigenvalue weighted by Crippen LogP contribution is -2.10. The van der Waals surface area contributed by atoms with Crippen LogP contribution < -0.4 is 0 Å². The molecule has 0 spiro atoms. The maximum atomic E-state index is 5.06. The van der Waals surface area contributed by atoms with Crippen LogP contribution >= 0.6 is 0 Å². The molecular formula is C45H57N3. The van der Waals surface area contributed by atoms with Gasteiger partial charge in [0.25, 0.3) is 0 Å². The zero-order chi connectivity index (χ0) is 34.0. The Morgan fingerprint density at radius 2 is 1.04 bits per heavy atom. The van der Waals surface area contributed by atoms with Crippen LogP contribution in [0.25, 0.3) is 39.3 Å². The molecule has 1 heterocycles. The number of aromatic nitrogens is 3.